The van der Waals surface area contributed by atoms with E-state index in [4.69, 9.17) is 4.74 Å². The molecule has 0 aliphatic carbocycles. The number of ether oxygens (including phenoxy) is 1. The first-order valence-corrected chi connectivity index (χ1v) is 9.57. The number of piperidine rings is 1. The average molecular weight is 379 g/mol. The van der Waals surface area contributed by atoms with Gasteiger partial charge in [0.15, 0.2) is 5.78 Å². The second kappa shape index (κ2) is 7.73. The summed E-state index contributed by atoms with van der Waals surface area (Å²) in [7, 11) is 1.95. The highest BCUT2D eigenvalue weighted by molar-refractivity contribution is 5.94. The third-order valence-corrected chi connectivity index (χ3v) is 5.42. The normalized spacial score (nSPS) is 20.4. The topological polar surface area (TPSA) is 67.6 Å². The van der Waals surface area contributed by atoms with Crippen molar-refractivity contribution in [2.45, 2.75) is 32.1 Å². The lowest BCUT2D eigenvalue weighted by atomic mass is 10.0. The van der Waals surface area contributed by atoms with Crippen molar-refractivity contribution in [3.05, 3.63) is 60.2 Å². The first kappa shape index (κ1) is 18.7. The van der Waals surface area contributed by atoms with Crippen molar-refractivity contribution < 1.29 is 14.6 Å². The van der Waals surface area contributed by atoms with Gasteiger partial charge in [-0.15, -0.1) is 0 Å². The molecule has 1 saturated heterocycles. The fourth-order valence-electron chi connectivity index (χ4n) is 3.80. The Morgan fingerprint density at radius 1 is 1.36 bits per heavy atom. The van der Waals surface area contributed by atoms with Gasteiger partial charge in [0.2, 0.25) is 0 Å². The lowest BCUT2D eigenvalue weighted by Crippen LogP contribution is -2.48. The van der Waals surface area contributed by atoms with Crippen LogP contribution in [0.1, 0.15) is 29.4 Å². The number of aromatic nitrogens is 2. The number of aryl methyl sites for hydroxylation is 1. The summed E-state index contributed by atoms with van der Waals surface area (Å²) < 4.78 is 8.17. The molecule has 0 radical (unpaired) electrons. The Bertz CT molecular complexity index is 992. The average Bonchev–Trinajstić information content (AvgIpc) is 3.05. The van der Waals surface area contributed by atoms with Crippen molar-refractivity contribution in [1.29, 1.82) is 0 Å². The molecule has 0 unspecified atom stereocenters. The Balaban J connectivity index is 1.42. The molecule has 6 nitrogen and oxygen atoms in total. The molecular formula is C22H25N3O3. The van der Waals surface area contributed by atoms with Crippen LogP contribution in [0.25, 0.3) is 10.8 Å². The molecule has 1 aromatic carbocycles. The monoisotopic (exact) mass is 379 g/mol. The number of hydrogen-bond acceptors (Lipinski definition) is 5. The van der Waals surface area contributed by atoms with Gasteiger partial charge >= 0.3 is 0 Å². The van der Waals surface area contributed by atoms with Gasteiger partial charge in [0.25, 0.3) is 0 Å². The molecule has 1 fully saturated rings. The minimum absolute atomic E-state index is 0.0688. The Morgan fingerprint density at radius 2 is 2.21 bits per heavy atom. The standard InChI is InChI=1S/C22H25N3O3/c1-15(26)17-10-18(24(2)12-17)13-25-9-7-22(20(27)14-25)28-21-5-3-4-16-11-23-8-6-19(16)21/h3-6,8,10-12,20,22,27H,7,9,13-14H2,1-2H3/t20-,22-/m1/s1. The summed E-state index contributed by atoms with van der Waals surface area (Å²) >= 11 is 0. The van der Waals surface area contributed by atoms with Gasteiger partial charge < -0.3 is 14.4 Å². The minimum Gasteiger partial charge on any atom is -0.487 e. The van der Waals surface area contributed by atoms with Crippen LogP contribution in [0.3, 0.4) is 0 Å². The molecule has 1 aliphatic rings. The maximum absolute atomic E-state index is 11.6. The third kappa shape index (κ3) is 3.79. The highest BCUT2D eigenvalue weighted by Gasteiger charge is 2.30. The van der Waals surface area contributed by atoms with Crippen LogP contribution in [0, 0.1) is 0 Å². The molecule has 2 aromatic heterocycles. The molecule has 4 rings (SSSR count). The quantitative estimate of drug-likeness (QED) is 0.691. The molecule has 1 aliphatic heterocycles. The molecule has 146 valence electrons. The summed E-state index contributed by atoms with van der Waals surface area (Å²) in [5.41, 5.74) is 1.79. The number of pyridine rings is 1. The third-order valence-electron chi connectivity index (χ3n) is 5.42. The highest BCUT2D eigenvalue weighted by atomic mass is 16.5. The van der Waals surface area contributed by atoms with Crippen molar-refractivity contribution in [3.63, 3.8) is 0 Å². The number of hydrogen-bond donors (Lipinski definition) is 1. The van der Waals surface area contributed by atoms with Crippen LogP contribution in [-0.2, 0) is 13.6 Å². The zero-order chi connectivity index (χ0) is 19.7. The largest absolute Gasteiger partial charge is 0.487 e. The molecular weight excluding hydrogens is 354 g/mol. The zero-order valence-corrected chi connectivity index (χ0v) is 16.2. The number of benzene rings is 1. The van der Waals surface area contributed by atoms with Gasteiger partial charge in [-0.3, -0.25) is 14.7 Å². The van der Waals surface area contributed by atoms with E-state index >= 15 is 0 Å². The number of Topliss-reactive ketones (excluding diaryl/α,β-unsaturated/α-hetero) is 1. The summed E-state index contributed by atoms with van der Waals surface area (Å²) in [5.74, 6) is 0.852. The lowest BCUT2D eigenvalue weighted by molar-refractivity contribution is -0.0273. The molecule has 0 bridgehead atoms. The SMILES string of the molecule is CC(=O)c1cc(CN2CC[C@@H](Oc3cccc4cnccc34)[C@H](O)C2)n(C)c1. The summed E-state index contributed by atoms with van der Waals surface area (Å²) in [6.07, 6.45) is 5.36. The summed E-state index contributed by atoms with van der Waals surface area (Å²) in [5, 5.41) is 12.7. The van der Waals surface area contributed by atoms with Gasteiger partial charge in [-0.1, -0.05) is 12.1 Å². The van der Waals surface area contributed by atoms with Crippen LogP contribution in [0.2, 0.25) is 0 Å². The predicted octanol–water partition coefficient (Wildman–Crippen LogP) is 2.79. The number of likely N-dealkylation sites (tertiary alicyclic amines) is 1. The summed E-state index contributed by atoms with van der Waals surface area (Å²) in [4.78, 5) is 17.9. The minimum atomic E-state index is -0.571. The van der Waals surface area contributed by atoms with Gasteiger partial charge in [-0.25, -0.2) is 0 Å². The summed E-state index contributed by atoms with van der Waals surface area (Å²) in [6.45, 7) is 3.65. The number of carbonyl (C=O) groups excluding carboxylic acids is 1. The Labute approximate surface area is 164 Å². The van der Waals surface area contributed by atoms with Gasteiger partial charge in [0.05, 0.1) is 0 Å². The van der Waals surface area contributed by atoms with Crippen LogP contribution in [0.15, 0.2) is 48.9 Å². The van der Waals surface area contributed by atoms with E-state index in [0.717, 1.165) is 40.7 Å². The van der Waals surface area contributed by atoms with Gasteiger partial charge in [0, 0.05) is 67.3 Å². The molecule has 1 N–H and O–H groups in total. The number of aliphatic hydroxyl groups is 1. The number of β-amino-alcohol motifs (C(OH)–C–C–N with tert-alkyl or cyclic N) is 1. The predicted molar refractivity (Wildman–Crippen MR) is 107 cm³/mol. The number of rotatable bonds is 5. The van der Waals surface area contributed by atoms with E-state index < -0.39 is 6.10 Å². The first-order valence-electron chi connectivity index (χ1n) is 9.57. The van der Waals surface area contributed by atoms with E-state index in [9.17, 15) is 9.90 Å². The number of aliphatic hydroxyl groups excluding tert-OH is 1. The molecule has 6 heteroatoms. The second-order valence-corrected chi connectivity index (χ2v) is 7.49. The Kier molecular flexibility index (Phi) is 5.15. The fourth-order valence-corrected chi connectivity index (χ4v) is 3.80. The van der Waals surface area contributed by atoms with Gasteiger partial charge in [0.1, 0.15) is 18.0 Å². The number of nitrogens with zero attached hydrogens (tertiary/aromatic N) is 3. The van der Waals surface area contributed by atoms with Crippen LogP contribution >= 0.6 is 0 Å². The van der Waals surface area contributed by atoms with Crippen molar-refractivity contribution >= 4 is 16.6 Å². The van der Waals surface area contributed by atoms with Crippen LogP contribution < -0.4 is 4.74 Å². The molecule has 0 saturated carbocycles. The van der Waals surface area contributed by atoms with Crippen molar-refractivity contribution in [1.82, 2.24) is 14.5 Å². The number of carbonyl (C=O) groups is 1. The Morgan fingerprint density at radius 3 is 2.96 bits per heavy atom. The van der Waals surface area contributed by atoms with Crippen molar-refractivity contribution in [2.24, 2.45) is 7.05 Å². The highest BCUT2D eigenvalue weighted by Crippen LogP contribution is 2.28. The molecule has 2 atom stereocenters. The Hall–Kier alpha value is -2.70. The van der Waals surface area contributed by atoms with Crippen LogP contribution in [0.5, 0.6) is 5.75 Å². The van der Waals surface area contributed by atoms with Crippen molar-refractivity contribution in [3.8, 4) is 5.75 Å². The molecule has 3 aromatic rings. The van der Waals surface area contributed by atoms with E-state index in [1.807, 2.05) is 54.3 Å². The maximum Gasteiger partial charge on any atom is 0.161 e. The zero-order valence-electron chi connectivity index (χ0n) is 16.2. The van der Waals surface area contributed by atoms with E-state index in [-0.39, 0.29) is 11.9 Å². The fraction of sp³-hybridized carbons (Fsp3) is 0.364. The molecule has 0 amide bonds. The smallest absolute Gasteiger partial charge is 0.161 e. The first-order chi connectivity index (χ1) is 13.5. The number of ketones is 1. The second-order valence-electron chi connectivity index (χ2n) is 7.49. The number of fused-ring (bicyclic) bond motifs is 1. The van der Waals surface area contributed by atoms with Crippen LogP contribution in [-0.4, -0.2) is 50.6 Å². The molecule has 28 heavy (non-hydrogen) atoms. The van der Waals surface area contributed by atoms with E-state index in [1.54, 1.807) is 13.1 Å². The van der Waals surface area contributed by atoms with E-state index in [0.29, 0.717) is 13.1 Å². The van der Waals surface area contributed by atoms with Crippen molar-refractivity contribution in [2.75, 3.05) is 13.1 Å². The van der Waals surface area contributed by atoms with Gasteiger partial charge in [-0.05, 0) is 31.5 Å². The lowest BCUT2D eigenvalue weighted by Gasteiger charge is -2.36. The molecule has 0 spiro atoms. The maximum atomic E-state index is 11.6. The van der Waals surface area contributed by atoms with Crippen LogP contribution in [0.4, 0.5) is 0 Å². The summed E-state index contributed by atoms with van der Waals surface area (Å²) in [6, 6.07) is 9.76. The molecule has 3 heterocycles. The van der Waals surface area contributed by atoms with Gasteiger partial charge in [-0.2, -0.15) is 0 Å². The van der Waals surface area contributed by atoms with E-state index in [2.05, 4.69) is 9.88 Å². The van der Waals surface area contributed by atoms with E-state index in [1.165, 1.54) is 0 Å².